The molecule has 0 heterocycles. The van der Waals surface area contributed by atoms with Gasteiger partial charge in [-0.15, -0.1) is 0 Å². The lowest BCUT2D eigenvalue weighted by molar-refractivity contribution is 0.499. The molecule has 0 aliphatic heterocycles. The van der Waals surface area contributed by atoms with Crippen molar-refractivity contribution in [2.45, 2.75) is 26.3 Å². The summed E-state index contributed by atoms with van der Waals surface area (Å²) in [6.07, 6.45) is 0. The molecule has 0 saturated carbocycles. The predicted molar refractivity (Wildman–Crippen MR) is 80.2 cm³/mol. The minimum absolute atomic E-state index is 0.0294. The van der Waals surface area contributed by atoms with E-state index in [1.165, 1.54) is 22.0 Å². The van der Waals surface area contributed by atoms with E-state index < -0.39 is 0 Å². The number of fused-ring (bicyclic) bond motifs is 1. The summed E-state index contributed by atoms with van der Waals surface area (Å²) < 4.78 is 0. The molecule has 2 heteroatoms. The lowest BCUT2D eigenvalue weighted by Gasteiger charge is -2.36. The Labute approximate surface area is 109 Å². The van der Waals surface area contributed by atoms with Crippen molar-refractivity contribution in [3.05, 3.63) is 42.0 Å². The minimum Gasteiger partial charge on any atom is -0.368 e. The predicted octanol–water partition coefficient (Wildman–Crippen LogP) is 3.32. The lowest BCUT2D eigenvalue weighted by Crippen LogP contribution is -2.47. The van der Waals surface area contributed by atoms with Gasteiger partial charge in [0.25, 0.3) is 0 Å². The van der Waals surface area contributed by atoms with E-state index in [4.69, 9.17) is 5.73 Å². The van der Waals surface area contributed by atoms with Crippen molar-refractivity contribution in [2.24, 2.45) is 5.73 Å². The van der Waals surface area contributed by atoms with Gasteiger partial charge < -0.3 is 10.6 Å². The summed E-state index contributed by atoms with van der Waals surface area (Å²) in [5.41, 5.74) is 8.31. The third-order valence-corrected chi connectivity index (χ3v) is 3.77. The average Bonchev–Trinajstić information content (AvgIpc) is 2.37. The van der Waals surface area contributed by atoms with Crippen molar-refractivity contribution in [1.29, 1.82) is 0 Å². The van der Waals surface area contributed by atoms with Crippen molar-refractivity contribution in [2.75, 3.05) is 18.5 Å². The van der Waals surface area contributed by atoms with E-state index in [9.17, 15) is 0 Å². The molecule has 18 heavy (non-hydrogen) atoms. The van der Waals surface area contributed by atoms with Crippen LogP contribution in [0, 0.1) is 6.92 Å². The van der Waals surface area contributed by atoms with Crippen molar-refractivity contribution in [3.63, 3.8) is 0 Å². The molecule has 2 rings (SSSR count). The van der Waals surface area contributed by atoms with E-state index >= 15 is 0 Å². The van der Waals surface area contributed by atoms with E-state index in [1.807, 2.05) is 0 Å². The summed E-state index contributed by atoms with van der Waals surface area (Å²) in [7, 11) is 2.10. The normalized spacial score (nSPS) is 11.8. The topological polar surface area (TPSA) is 29.3 Å². The number of hydrogen-bond acceptors (Lipinski definition) is 2. The molecular formula is C16H22N2. The van der Waals surface area contributed by atoms with Crippen LogP contribution < -0.4 is 10.6 Å². The second-order valence-corrected chi connectivity index (χ2v) is 5.61. The van der Waals surface area contributed by atoms with Crippen LogP contribution in [-0.4, -0.2) is 19.1 Å². The Morgan fingerprint density at radius 1 is 1.06 bits per heavy atom. The van der Waals surface area contributed by atoms with Crippen molar-refractivity contribution >= 4 is 16.5 Å². The molecule has 2 aromatic rings. The maximum absolute atomic E-state index is 5.84. The van der Waals surface area contributed by atoms with Crippen LogP contribution in [0.2, 0.25) is 0 Å². The summed E-state index contributed by atoms with van der Waals surface area (Å²) in [5.74, 6) is 0. The zero-order chi connectivity index (χ0) is 13.3. The van der Waals surface area contributed by atoms with Crippen LogP contribution in [0.15, 0.2) is 36.4 Å². The van der Waals surface area contributed by atoms with Gasteiger partial charge in [0.1, 0.15) is 0 Å². The zero-order valence-corrected chi connectivity index (χ0v) is 11.7. The first kappa shape index (κ1) is 12.9. The van der Waals surface area contributed by atoms with Gasteiger partial charge in [-0.2, -0.15) is 0 Å². The largest absolute Gasteiger partial charge is 0.368 e. The highest BCUT2D eigenvalue weighted by molar-refractivity contribution is 5.86. The molecule has 0 saturated heterocycles. The SMILES string of the molecule is Cc1ccc2cc(N(C)C(C)(C)CN)ccc2c1. The van der Waals surface area contributed by atoms with Gasteiger partial charge in [-0.25, -0.2) is 0 Å². The van der Waals surface area contributed by atoms with E-state index in [2.05, 4.69) is 69.1 Å². The quantitative estimate of drug-likeness (QED) is 0.894. The smallest absolute Gasteiger partial charge is 0.0464 e. The van der Waals surface area contributed by atoms with Crippen LogP contribution in [0.25, 0.3) is 10.8 Å². The van der Waals surface area contributed by atoms with Crippen LogP contribution in [0.5, 0.6) is 0 Å². The summed E-state index contributed by atoms with van der Waals surface area (Å²) in [4.78, 5) is 2.24. The van der Waals surface area contributed by atoms with E-state index in [0.717, 1.165) is 0 Å². The maximum atomic E-state index is 5.84. The molecule has 2 N–H and O–H groups in total. The van der Waals surface area contributed by atoms with Crippen LogP contribution >= 0.6 is 0 Å². The number of nitrogens with two attached hydrogens (primary N) is 1. The first-order chi connectivity index (χ1) is 8.44. The first-order valence-corrected chi connectivity index (χ1v) is 6.38. The number of hydrogen-bond donors (Lipinski definition) is 1. The minimum atomic E-state index is -0.0294. The van der Waals surface area contributed by atoms with Crippen LogP contribution in [0.1, 0.15) is 19.4 Å². The molecule has 0 fully saturated rings. The van der Waals surface area contributed by atoms with E-state index in [0.29, 0.717) is 6.54 Å². The van der Waals surface area contributed by atoms with Crippen molar-refractivity contribution < 1.29 is 0 Å². The Morgan fingerprint density at radius 2 is 1.67 bits per heavy atom. The molecule has 0 aliphatic carbocycles. The second-order valence-electron chi connectivity index (χ2n) is 5.61. The van der Waals surface area contributed by atoms with Gasteiger partial charge in [-0.05, 0) is 43.7 Å². The molecule has 0 bridgehead atoms. The summed E-state index contributed by atoms with van der Waals surface area (Å²) in [6.45, 7) is 7.07. The highest BCUT2D eigenvalue weighted by atomic mass is 15.2. The monoisotopic (exact) mass is 242 g/mol. The number of likely N-dealkylation sites (N-methyl/N-ethyl adjacent to an activating group) is 1. The van der Waals surface area contributed by atoms with Gasteiger partial charge in [0, 0.05) is 24.8 Å². The van der Waals surface area contributed by atoms with Crippen LogP contribution in [-0.2, 0) is 0 Å². The fraction of sp³-hybridized carbons (Fsp3) is 0.375. The second kappa shape index (κ2) is 4.62. The Morgan fingerprint density at radius 3 is 2.33 bits per heavy atom. The molecule has 0 atom stereocenters. The Balaban J connectivity index is 2.44. The van der Waals surface area contributed by atoms with E-state index in [1.54, 1.807) is 0 Å². The fourth-order valence-electron chi connectivity index (χ4n) is 2.05. The van der Waals surface area contributed by atoms with Crippen LogP contribution in [0.4, 0.5) is 5.69 Å². The summed E-state index contributed by atoms with van der Waals surface area (Å²) in [6, 6.07) is 13.1. The van der Waals surface area contributed by atoms with Gasteiger partial charge in [0.15, 0.2) is 0 Å². The molecule has 0 radical (unpaired) electrons. The van der Waals surface area contributed by atoms with Gasteiger partial charge in [0.2, 0.25) is 0 Å². The number of rotatable bonds is 3. The maximum Gasteiger partial charge on any atom is 0.0464 e. The number of aryl methyl sites for hydroxylation is 1. The molecular weight excluding hydrogens is 220 g/mol. The summed E-state index contributed by atoms with van der Waals surface area (Å²) >= 11 is 0. The first-order valence-electron chi connectivity index (χ1n) is 6.38. The number of anilines is 1. The standard InChI is InChI=1S/C16H22N2/c1-12-5-6-14-10-15(8-7-13(14)9-12)18(4)16(2,3)11-17/h5-10H,11,17H2,1-4H3. The molecule has 96 valence electrons. The molecule has 0 aliphatic rings. The molecule has 2 nitrogen and oxygen atoms in total. The molecule has 0 spiro atoms. The Bertz CT molecular complexity index is 558. The number of benzene rings is 2. The molecule has 0 aromatic heterocycles. The number of nitrogens with zero attached hydrogens (tertiary/aromatic N) is 1. The van der Waals surface area contributed by atoms with Crippen molar-refractivity contribution in [3.8, 4) is 0 Å². The molecule has 0 unspecified atom stereocenters. The van der Waals surface area contributed by atoms with Crippen molar-refractivity contribution in [1.82, 2.24) is 0 Å². The Kier molecular flexibility index (Phi) is 3.31. The van der Waals surface area contributed by atoms with E-state index in [-0.39, 0.29) is 5.54 Å². The lowest BCUT2D eigenvalue weighted by atomic mass is 10.0. The van der Waals surface area contributed by atoms with Gasteiger partial charge in [-0.3, -0.25) is 0 Å². The van der Waals surface area contributed by atoms with Crippen LogP contribution in [0.3, 0.4) is 0 Å². The third-order valence-electron chi connectivity index (χ3n) is 3.77. The zero-order valence-electron chi connectivity index (χ0n) is 11.7. The Hall–Kier alpha value is -1.54. The third kappa shape index (κ3) is 2.34. The average molecular weight is 242 g/mol. The highest BCUT2D eigenvalue weighted by Gasteiger charge is 2.21. The molecule has 2 aromatic carbocycles. The van der Waals surface area contributed by atoms with Gasteiger partial charge in [0.05, 0.1) is 0 Å². The van der Waals surface area contributed by atoms with Gasteiger partial charge in [-0.1, -0.05) is 29.8 Å². The van der Waals surface area contributed by atoms with Gasteiger partial charge >= 0.3 is 0 Å². The fourth-order valence-corrected chi connectivity index (χ4v) is 2.05. The molecule has 0 amide bonds. The highest BCUT2D eigenvalue weighted by Crippen LogP contribution is 2.26. The summed E-state index contributed by atoms with van der Waals surface area (Å²) in [5, 5.41) is 2.57.